The van der Waals surface area contributed by atoms with Gasteiger partial charge in [0.1, 0.15) is 0 Å². The number of hydrogen-bond acceptors (Lipinski definition) is 1. The van der Waals surface area contributed by atoms with Crippen LogP contribution >= 0.6 is 0 Å². The fourth-order valence-corrected chi connectivity index (χ4v) is 3.18. The second-order valence-corrected chi connectivity index (χ2v) is 6.50. The summed E-state index contributed by atoms with van der Waals surface area (Å²) in [6.45, 7) is 6.26. The van der Waals surface area contributed by atoms with Crippen LogP contribution in [0.5, 0.6) is 0 Å². The molecule has 0 aliphatic heterocycles. The van der Waals surface area contributed by atoms with Gasteiger partial charge in [0, 0.05) is 6.61 Å². The van der Waals surface area contributed by atoms with Crippen LogP contribution in [-0.4, -0.2) is 11.7 Å². The van der Waals surface area contributed by atoms with Gasteiger partial charge in [-0.05, 0) is 72.6 Å². The Morgan fingerprint density at radius 2 is 1.54 bits per heavy atom. The number of aliphatic hydroxyl groups is 1. The molecule has 0 aromatic heterocycles. The molecule has 0 fully saturated rings. The summed E-state index contributed by atoms with van der Waals surface area (Å²) >= 11 is 0. The van der Waals surface area contributed by atoms with Crippen molar-refractivity contribution >= 4 is 0 Å². The molecular weight excluding hydrogens is 313 g/mol. The van der Waals surface area contributed by atoms with Gasteiger partial charge in [-0.1, -0.05) is 31.2 Å². The molecule has 0 radical (unpaired) electrons. The molecule has 0 aliphatic carbocycles. The summed E-state index contributed by atoms with van der Waals surface area (Å²) in [6.07, 6.45) is -2.66. The third-order valence-electron chi connectivity index (χ3n) is 4.30. The van der Waals surface area contributed by atoms with E-state index in [9.17, 15) is 13.2 Å². The van der Waals surface area contributed by atoms with Crippen LogP contribution in [0.2, 0.25) is 0 Å². The molecule has 2 aromatic rings. The minimum absolute atomic E-state index is 0.183. The van der Waals surface area contributed by atoms with Crippen molar-refractivity contribution in [2.75, 3.05) is 6.61 Å². The third-order valence-corrected chi connectivity index (χ3v) is 4.30. The van der Waals surface area contributed by atoms with Crippen LogP contribution in [-0.2, 0) is 12.6 Å². The Balaban J connectivity index is 2.31. The Kier molecular flexibility index (Phi) is 5.70. The molecule has 1 nitrogen and oxygen atoms in total. The van der Waals surface area contributed by atoms with Crippen molar-refractivity contribution in [2.45, 2.75) is 39.8 Å². The molecule has 1 N–H and O–H groups in total. The molecule has 0 saturated heterocycles. The van der Waals surface area contributed by atoms with Gasteiger partial charge in [-0.25, -0.2) is 0 Å². The second kappa shape index (κ2) is 7.39. The lowest BCUT2D eigenvalue weighted by atomic mass is 9.90. The summed E-state index contributed by atoms with van der Waals surface area (Å²) in [7, 11) is 0. The van der Waals surface area contributed by atoms with Crippen LogP contribution < -0.4 is 0 Å². The van der Waals surface area contributed by atoms with Crippen LogP contribution in [0, 0.1) is 19.8 Å². The number of aryl methyl sites for hydroxylation is 2. The van der Waals surface area contributed by atoms with Gasteiger partial charge in [0.15, 0.2) is 0 Å². The van der Waals surface area contributed by atoms with E-state index < -0.39 is 11.7 Å². The third kappa shape index (κ3) is 4.38. The topological polar surface area (TPSA) is 20.2 Å². The van der Waals surface area contributed by atoms with Gasteiger partial charge in [-0.3, -0.25) is 0 Å². The first-order valence-electron chi connectivity index (χ1n) is 8.11. The highest BCUT2D eigenvalue weighted by Gasteiger charge is 2.30. The molecule has 0 aliphatic rings. The van der Waals surface area contributed by atoms with E-state index in [0.717, 1.165) is 47.2 Å². The van der Waals surface area contributed by atoms with Crippen molar-refractivity contribution in [3.8, 4) is 11.1 Å². The zero-order valence-corrected chi connectivity index (χ0v) is 14.2. The average Bonchev–Trinajstić information content (AvgIpc) is 2.46. The summed E-state index contributed by atoms with van der Waals surface area (Å²) in [5, 5.41) is 9.02. The molecule has 0 amide bonds. The molecule has 0 heterocycles. The number of aliphatic hydroxyl groups excluding tert-OH is 1. The summed E-state index contributed by atoms with van der Waals surface area (Å²) in [4.78, 5) is 0. The Hall–Kier alpha value is -1.81. The maximum Gasteiger partial charge on any atom is 0.416 e. The van der Waals surface area contributed by atoms with Gasteiger partial charge in [-0.15, -0.1) is 0 Å². The SMILES string of the molecule is Cc1cc(CC(C)CCO)cc(C)c1-c1ccc(C(F)(F)F)cc1. The molecule has 0 spiro atoms. The van der Waals surface area contributed by atoms with Crippen LogP contribution in [0.1, 0.15) is 35.6 Å². The van der Waals surface area contributed by atoms with E-state index in [0.29, 0.717) is 5.92 Å². The van der Waals surface area contributed by atoms with Crippen molar-refractivity contribution in [2.24, 2.45) is 5.92 Å². The second-order valence-electron chi connectivity index (χ2n) is 6.50. The number of halogens is 3. The van der Waals surface area contributed by atoms with Crippen molar-refractivity contribution in [3.05, 3.63) is 58.7 Å². The van der Waals surface area contributed by atoms with Gasteiger partial charge in [0.2, 0.25) is 0 Å². The maximum atomic E-state index is 12.7. The van der Waals surface area contributed by atoms with E-state index in [1.54, 1.807) is 0 Å². The molecule has 0 saturated carbocycles. The molecule has 1 unspecified atom stereocenters. The van der Waals surface area contributed by atoms with Crippen LogP contribution in [0.15, 0.2) is 36.4 Å². The fourth-order valence-electron chi connectivity index (χ4n) is 3.18. The largest absolute Gasteiger partial charge is 0.416 e. The zero-order valence-electron chi connectivity index (χ0n) is 14.2. The summed E-state index contributed by atoms with van der Waals surface area (Å²) < 4.78 is 38.1. The Morgan fingerprint density at radius 1 is 1.00 bits per heavy atom. The first-order valence-corrected chi connectivity index (χ1v) is 8.11. The lowest BCUT2D eigenvalue weighted by Gasteiger charge is -2.16. The Morgan fingerprint density at radius 3 is 2.00 bits per heavy atom. The molecule has 4 heteroatoms. The average molecular weight is 336 g/mol. The minimum atomic E-state index is -4.31. The van der Waals surface area contributed by atoms with Gasteiger partial charge in [0.25, 0.3) is 0 Å². The predicted octanol–water partition coefficient (Wildman–Crippen LogP) is 5.55. The Bertz CT molecular complexity index is 664. The first kappa shape index (κ1) is 18.5. The van der Waals surface area contributed by atoms with Crippen molar-refractivity contribution in [1.29, 1.82) is 0 Å². The minimum Gasteiger partial charge on any atom is -0.396 e. The predicted molar refractivity (Wildman–Crippen MR) is 90.9 cm³/mol. The fraction of sp³-hybridized carbons (Fsp3) is 0.400. The van der Waals surface area contributed by atoms with Crippen LogP contribution in [0.4, 0.5) is 13.2 Å². The Labute approximate surface area is 141 Å². The van der Waals surface area contributed by atoms with Crippen molar-refractivity contribution in [1.82, 2.24) is 0 Å². The standard InChI is InChI=1S/C20H23F3O/c1-13(8-9-24)10-16-11-14(2)19(15(3)12-16)17-4-6-18(7-5-17)20(21,22)23/h4-7,11-13,24H,8-10H2,1-3H3. The quantitative estimate of drug-likeness (QED) is 0.759. The van der Waals surface area contributed by atoms with E-state index in [-0.39, 0.29) is 6.61 Å². The number of benzene rings is 2. The lowest BCUT2D eigenvalue weighted by molar-refractivity contribution is -0.137. The summed E-state index contributed by atoms with van der Waals surface area (Å²) in [5.41, 5.74) is 4.47. The number of hydrogen-bond donors (Lipinski definition) is 1. The van der Waals surface area contributed by atoms with Gasteiger partial charge < -0.3 is 5.11 Å². The smallest absolute Gasteiger partial charge is 0.396 e. The molecule has 24 heavy (non-hydrogen) atoms. The summed E-state index contributed by atoms with van der Waals surface area (Å²) in [6, 6.07) is 9.51. The van der Waals surface area contributed by atoms with E-state index in [1.165, 1.54) is 17.7 Å². The molecule has 130 valence electrons. The maximum absolute atomic E-state index is 12.7. The monoisotopic (exact) mass is 336 g/mol. The van der Waals surface area contributed by atoms with Gasteiger partial charge in [0.05, 0.1) is 5.56 Å². The molecule has 0 bridgehead atoms. The van der Waals surface area contributed by atoms with Crippen LogP contribution in [0.25, 0.3) is 11.1 Å². The van der Waals surface area contributed by atoms with Crippen molar-refractivity contribution < 1.29 is 18.3 Å². The summed E-state index contributed by atoms with van der Waals surface area (Å²) in [5.74, 6) is 0.394. The first-order chi connectivity index (χ1) is 11.2. The highest BCUT2D eigenvalue weighted by Crippen LogP contribution is 2.33. The zero-order chi connectivity index (χ0) is 17.9. The van der Waals surface area contributed by atoms with E-state index in [1.807, 2.05) is 13.8 Å². The highest BCUT2D eigenvalue weighted by molar-refractivity contribution is 5.71. The van der Waals surface area contributed by atoms with E-state index in [2.05, 4.69) is 19.1 Å². The van der Waals surface area contributed by atoms with E-state index in [4.69, 9.17) is 5.11 Å². The van der Waals surface area contributed by atoms with Gasteiger partial charge >= 0.3 is 6.18 Å². The number of alkyl halides is 3. The highest BCUT2D eigenvalue weighted by atomic mass is 19.4. The number of rotatable bonds is 5. The molecule has 1 atom stereocenters. The molecule has 2 aromatic carbocycles. The van der Waals surface area contributed by atoms with Crippen LogP contribution in [0.3, 0.4) is 0 Å². The van der Waals surface area contributed by atoms with E-state index >= 15 is 0 Å². The van der Waals surface area contributed by atoms with Crippen molar-refractivity contribution in [3.63, 3.8) is 0 Å². The molecular formula is C20H23F3O. The molecule has 2 rings (SSSR count). The lowest BCUT2D eigenvalue weighted by Crippen LogP contribution is -2.05. The normalized spacial score (nSPS) is 13.1. The van der Waals surface area contributed by atoms with Gasteiger partial charge in [-0.2, -0.15) is 13.2 Å².